The molecule has 3 nitrogen and oxygen atoms in total. The van der Waals surface area contributed by atoms with Crippen molar-refractivity contribution in [2.24, 2.45) is 4.99 Å². The van der Waals surface area contributed by atoms with Gasteiger partial charge in [-0.3, -0.25) is 9.69 Å². The highest BCUT2D eigenvalue weighted by Crippen LogP contribution is 2.38. The molecule has 2 aromatic carbocycles. The summed E-state index contributed by atoms with van der Waals surface area (Å²) >= 11 is 3.22. The molecular weight excluding hydrogens is 384 g/mol. The number of amidine groups is 1. The molecule has 0 atom stereocenters. The Morgan fingerprint density at radius 2 is 1.75 bits per heavy atom. The number of carbonyl (C=O) groups excluding carboxylic acids is 1. The van der Waals surface area contributed by atoms with Crippen molar-refractivity contribution in [2.75, 3.05) is 6.26 Å². The van der Waals surface area contributed by atoms with E-state index in [0.29, 0.717) is 0 Å². The molecule has 5 heteroatoms. The number of rotatable bonds is 4. The van der Waals surface area contributed by atoms with E-state index >= 15 is 0 Å². The maximum atomic E-state index is 13.3. The predicted molar refractivity (Wildman–Crippen MR) is 121 cm³/mol. The zero-order valence-corrected chi connectivity index (χ0v) is 17.6. The second-order valence-electron chi connectivity index (χ2n) is 7.08. The van der Waals surface area contributed by atoms with Crippen LogP contribution in [0.1, 0.15) is 37.7 Å². The average Bonchev–Trinajstić information content (AvgIpc) is 3.04. The highest BCUT2D eigenvalue weighted by molar-refractivity contribution is 8.18. The fourth-order valence-electron chi connectivity index (χ4n) is 3.69. The minimum absolute atomic E-state index is 0.0977. The lowest BCUT2D eigenvalue weighted by molar-refractivity contribution is -0.124. The third-order valence-electron chi connectivity index (χ3n) is 5.17. The molecule has 1 aliphatic heterocycles. The van der Waals surface area contributed by atoms with E-state index in [1.807, 2.05) is 41.3 Å². The van der Waals surface area contributed by atoms with Crippen molar-refractivity contribution in [3.05, 3.63) is 65.1 Å². The lowest BCUT2D eigenvalue weighted by atomic mass is 9.94. The second kappa shape index (κ2) is 9.01. The fraction of sp³-hybridized carbons (Fsp3) is 0.304. The molecule has 0 spiro atoms. The molecule has 2 aromatic rings. The smallest absolute Gasteiger partial charge is 0.267 e. The van der Waals surface area contributed by atoms with Crippen LogP contribution in [0.25, 0.3) is 6.08 Å². The van der Waals surface area contributed by atoms with Gasteiger partial charge in [-0.2, -0.15) is 0 Å². The quantitative estimate of drug-likeness (QED) is 0.437. The molecule has 1 amide bonds. The fourth-order valence-corrected chi connectivity index (χ4v) is 5.16. The van der Waals surface area contributed by atoms with Gasteiger partial charge in [0.05, 0.1) is 10.6 Å². The molecule has 1 aliphatic carbocycles. The van der Waals surface area contributed by atoms with Crippen molar-refractivity contribution in [1.82, 2.24) is 4.90 Å². The van der Waals surface area contributed by atoms with Gasteiger partial charge in [-0.15, -0.1) is 11.8 Å². The van der Waals surface area contributed by atoms with E-state index < -0.39 is 0 Å². The Balaban J connectivity index is 1.66. The van der Waals surface area contributed by atoms with Gasteiger partial charge in [-0.05, 0) is 66.8 Å². The van der Waals surface area contributed by atoms with Gasteiger partial charge in [0, 0.05) is 10.9 Å². The molecule has 1 saturated carbocycles. The van der Waals surface area contributed by atoms with Crippen molar-refractivity contribution < 1.29 is 4.79 Å². The van der Waals surface area contributed by atoms with Crippen LogP contribution in [0.4, 0.5) is 5.69 Å². The summed E-state index contributed by atoms with van der Waals surface area (Å²) in [6, 6.07) is 18.5. The molecule has 0 aromatic heterocycles. The first-order valence-electron chi connectivity index (χ1n) is 9.75. The van der Waals surface area contributed by atoms with Crippen LogP contribution in [0.3, 0.4) is 0 Å². The van der Waals surface area contributed by atoms with Crippen LogP contribution >= 0.6 is 23.5 Å². The number of hydrogen-bond acceptors (Lipinski definition) is 4. The molecular formula is C23H24N2OS2. The maximum Gasteiger partial charge on any atom is 0.267 e. The summed E-state index contributed by atoms with van der Waals surface area (Å²) in [5.74, 6) is 0.0977. The molecule has 28 heavy (non-hydrogen) atoms. The van der Waals surface area contributed by atoms with E-state index in [0.717, 1.165) is 34.2 Å². The number of carbonyl (C=O) groups is 1. The highest BCUT2D eigenvalue weighted by Gasteiger charge is 2.38. The Bertz CT molecular complexity index is 885. The van der Waals surface area contributed by atoms with E-state index in [2.05, 4.69) is 30.5 Å². The van der Waals surface area contributed by atoms with Crippen LogP contribution < -0.4 is 0 Å². The third kappa shape index (κ3) is 4.36. The molecule has 4 rings (SSSR count). The minimum atomic E-state index is 0.0977. The van der Waals surface area contributed by atoms with Gasteiger partial charge < -0.3 is 0 Å². The number of benzene rings is 2. The molecule has 0 N–H and O–H groups in total. The number of para-hydroxylation sites is 1. The predicted octanol–water partition coefficient (Wildman–Crippen LogP) is 6.35. The Morgan fingerprint density at radius 3 is 2.43 bits per heavy atom. The number of hydrogen-bond donors (Lipinski definition) is 0. The number of amides is 1. The molecule has 144 valence electrons. The summed E-state index contributed by atoms with van der Waals surface area (Å²) in [5, 5.41) is 0.815. The zero-order valence-electron chi connectivity index (χ0n) is 16.0. The first kappa shape index (κ1) is 19.3. The lowest BCUT2D eigenvalue weighted by Crippen LogP contribution is -2.40. The number of aliphatic imine (C=N–C) groups is 1. The molecule has 1 saturated heterocycles. The molecule has 2 fully saturated rings. The van der Waals surface area contributed by atoms with Crippen molar-refractivity contribution in [3.63, 3.8) is 0 Å². The minimum Gasteiger partial charge on any atom is -0.283 e. The lowest BCUT2D eigenvalue weighted by Gasteiger charge is -2.30. The molecule has 0 unspecified atom stereocenters. The Hall–Kier alpha value is -1.98. The van der Waals surface area contributed by atoms with Crippen molar-refractivity contribution in [1.29, 1.82) is 0 Å². The van der Waals surface area contributed by atoms with Gasteiger partial charge >= 0.3 is 0 Å². The van der Waals surface area contributed by atoms with Crippen LogP contribution in [-0.4, -0.2) is 28.3 Å². The standard InChI is InChI=1S/C23H24N2OS2/c1-27-20-14-12-17(13-15-20)16-21-22(26)25(19-10-6-3-7-11-19)23(28-21)24-18-8-4-2-5-9-18/h2,4-5,8-9,12-16,19H,3,6-7,10-11H2,1H3/b21-16-,24-23?. The number of thioether (sulfide) groups is 2. The van der Waals surface area contributed by atoms with E-state index in [4.69, 9.17) is 4.99 Å². The van der Waals surface area contributed by atoms with E-state index in [-0.39, 0.29) is 11.9 Å². The van der Waals surface area contributed by atoms with Gasteiger partial charge in [0.1, 0.15) is 0 Å². The Kier molecular flexibility index (Phi) is 6.23. The van der Waals surface area contributed by atoms with Gasteiger partial charge in [0.2, 0.25) is 0 Å². The second-order valence-corrected chi connectivity index (χ2v) is 8.97. The van der Waals surface area contributed by atoms with E-state index in [1.165, 1.54) is 35.9 Å². The Labute approximate surface area is 175 Å². The van der Waals surface area contributed by atoms with Crippen molar-refractivity contribution in [3.8, 4) is 0 Å². The Morgan fingerprint density at radius 1 is 1.04 bits per heavy atom. The van der Waals surface area contributed by atoms with Gasteiger partial charge in [0.15, 0.2) is 5.17 Å². The molecule has 0 bridgehead atoms. The molecule has 0 radical (unpaired) electrons. The molecule has 1 heterocycles. The van der Waals surface area contributed by atoms with Crippen LogP contribution in [0.2, 0.25) is 0 Å². The SMILES string of the molecule is CSc1ccc(/C=C2\SC(=Nc3ccccc3)N(C3CCCCC3)C2=O)cc1. The van der Waals surface area contributed by atoms with Gasteiger partial charge in [-0.25, -0.2) is 4.99 Å². The largest absolute Gasteiger partial charge is 0.283 e. The first-order valence-corrected chi connectivity index (χ1v) is 11.8. The highest BCUT2D eigenvalue weighted by atomic mass is 32.2. The van der Waals surface area contributed by atoms with Gasteiger partial charge in [-0.1, -0.05) is 49.6 Å². The van der Waals surface area contributed by atoms with E-state index in [9.17, 15) is 4.79 Å². The molecule has 2 aliphatic rings. The summed E-state index contributed by atoms with van der Waals surface area (Å²) in [5.41, 5.74) is 1.95. The van der Waals surface area contributed by atoms with Crippen LogP contribution in [0, 0.1) is 0 Å². The summed E-state index contributed by atoms with van der Waals surface area (Å²) in [4.78, 5) is 22.1. The van der Waals surface area contributed by atoms with Crippen LogP contribution in [0.5, 0.6) is 0 Å². The van der Waals surface area contributed by atoms with Crippen LogP contribution in [0.15, 0.2) is 69.4 Å². The summed E-state index contributed by atoms with van der Waals surface area (Å²) in [6.07, 6.45) is 9.84. The van der Waals surface area contributed by atoms with Crippen molar-refractivity contribution in [2.45, 2.75) is 43.0 Å². The topological polar surface area (TPSA) is 32.7 Å². The first-order chi connectivity index (χ1) is 13.7. The maximum absolute atomic E-state index is 13.3. The van der Waals surface area contributed by atoms with Crippen molar-refractivity contribution >= 4 is 46.4 Å². The monoisotopic (exact) mass is 408 g/mol. The summed E-state index contributed by atoms with van der Waals surface area (Å²) in [6.45, 7) is 0. The van der Waals surface area contributed by atoms with Gasteiger partial charge in [0.25, 0.3) is 5.91 Å². The van der Waals surface area contributed by atoms with E-state index in [1.54, 1.807) is 11.8 Å². The number of nitrogens with zero attached hydrogens (tertiary/aromatic N) is 2. The zero-order chi connectivity index (χ0) is 19.3. The normalized spacial score (nSPS) is 21.0. The third-order valence-corrected chi connectivity index (χ3v) is 6.90. The summed E-state index contributed by atoms with van der Waals surface area (Å²) in [7, 11) is 0. The average molecular weight is 409 g/mol. The summed E-state index contributed by atoms with van der Waals surface area (Å²) < 4.78 is 0. The van der Waals surface area contributed by atoms with Crippen LogP contribution in [-0.2, 0) is 4.79 Å².